The predicted molar refractivity (Wildman–Crippen MR) is 35.7 cm³/mol. The van der Waals surface area contributed by atoms with Gasteiger partial charge in [0, 0.05) is 0 Å². The molecule has 5 nitrogen and oxygen atoms in total. The molecule has 0 saturated carbocycles. The average molecular weight is 164 g/mol. The number of carbonyl (C=O) groups excluding carboxylic acids is 1. The van der Waals surface area contributed by atoms with Crippen LogP contribution in [0.4, 0.5) is 0 Å². The van der Waals surface area contributed by atoms with Crippen LogP contribution in [-0.4, -0.2) is 46.7 Å². The fraction of sp³-hybridized carbons (Fsp3) is 0.833. The molecule has 0 spiro atoms. The number of hydrogen-bond acceptors (Lipinski definition) is 5. The molecule has 0 aliphatic carbocycles. The fourth-order valence-corrected chi connectivity index (χ4v) is 0.485. The van der Waals surface area contributed by atoms with E-state index in [0.29, 0.717) is 0 Å². The second-order valence-corrected chi connectivity index (χ2v) is 1.95. The molecule has 66 valence electrons. The Kier molecular flexibility index (Phi) is 4.76. The molecule has 0 aromatic heterocycles. The summed E-state index contributed by atoms with van der Waals surface area (Å²) in [5.74, 6) is -0.922. The minimum Gasteiger partial charge on any atom is -0.464 e. The van der Waals surface area contributed by atoms with E-state index in [2.05, 4.69) is 4.74 Å². The Morgan fingerprint density at radius 1 is 1.55 bits per heavy atom. The molecule has 0 saturated heterocycles. The van der Waals surface area contributed by atoms with Gasteiger partial charge in [0.1, 0.15) is 6.10 Å². The Balaban J connectivity index is 3.80. The van der Waals surface area contributed by atoms with Gasteiger partial charge in [-0.2, -0.15) is 0 Å². The number of ether oxygens (including phenoxy) is 1. The molecule has 0 unspecified atom stereocenters. The fourth-order valence-electron chi connectivity index (χ4n) is 0.485. The highest BCUT2D eigenvalue weighted by atomic mass is 16.5. The third kappa shape index (κ3) is 3.31. The average Bonchev–Trinajstić information content (AvgIpc) is 2.02. The lowest BCUT2D eigenvalue weighted by molar-refractivity contribution is -0.160. The normalized spacial score (nSPS) is 15.6. The molecule has 0 radical (unpaired) electrons. The van der Waals surface area contributed by atoms with Crippen LogP contribution in [0.15, 0.2) is 0 Å². The first-order valence-corrected chi connectivity index (χ1v) is 3.27. The van der Waals surface area contributed by atoms with E-state index in [4.69, 9.17) is 15.3 Å². The van der Waals surface area contributed by atoms with Gasteiger partial charge in [-0.1, -0.05) is 0 Å². The number of aliphatic hydroxyl groups excluding tert-OH is 3. The van der Waals surface area contributed by atoms with Crippen molar-refractivity contribution in [2.45, 2.75) is 19.1 Å². The summed E-state index contributed by atoms with van der Waals surface area (Å²) in [7, 11) is 0. The van der Waals surface area contributed by atoms with Gasteiger partial charge in [0.05, 0.1) is 13.2 Å². The molecule has 3 N–H and O–H groups in total. The smallest absolute Gasteiger partial charge is 0.337 e. The summed E-state index contributed by atoms with van der Waals surface area (Å²) >= 11 is 0. The van der Waals surface area contributed by atoms with E-state index in [1.807, 2.05) is 0 Å². The molecule has 0 amide bonds. The van der Waals surface area contributed by atoms with Crippen molar-refractivity contribution in [2.24, 2.45) is 0 Å². The van der Waals surface area contributed by atoms with Gasteiger partial charge in [-0.25, -0.2) is 4.79 Å². The number of carbonyl (C=O) groups is 1. The van der Waals surface area contributed by atoms with Crippen molar-refractivity contribution < 1.29 is 24.9 Å². The maximum Gasteiger partial charge on any atom is 0.337 e. The molecule has 0 aliphatic heterocycles. The molecule has 0 aromatic carbocycles. The van der Waals surface area contributed by atoms with Crippen LogP contribution >= 0.6 is 0 Å². The summed E-state index contributed by atoms with van der Waals surface area (Å²) < 4.78 is 4.37. The van der Waals surface area contributed by atoms with E-state index < -0.39 is 24.8 Å². The highest BCUT2D eigenvalue weighted by Crippen LogP contribution is 1.95. The summed E-state index contributed by atoms with van der Waals surface area (Å²) in [6.07, 6.45) is -3.12. The lowest BCUT2D eigenvalue weighted by Gasteiger charge is -2.13. The van der Waals surface area contributed by atoms with Crippen LogP contribution in [0.5, 0.6) is 0 Å². The summed E-state index contributed by atoms with van der Waals surface area (Å²) in [5, 5.41) is 25.9. The van der Waals surface area contributed by atoms with Gasteiger partial charge in [0.25, 0.3) is 0 Å². The lowest BCUT2D eigenvalue weighted by Crippen LogP contribution is -2.37. The van der Waals surface area contributed by atoms with Crippen LogP contribution in [0.2, 0.25) is 0 Å². The van der Waals surface area contributed by atoms with Crippen molar-refractivity contribution in [3.8, 4) is 0 Å². The van der Waals surface area contributed by atoms with Crippen molar-refractivity contribution >= 4 is 5.97 Å². The van der Waals surface area contributed by atoms with Gasteiger partial charge in [-0.05, 0) is 6.92 Å². The van der Waals surface area contributed by atoms with Crippen LogP contribution in [0.1, 0.15) is 6.92 Å². The second-order valence-electron chi connectivity index (χ2n) is 1.95. The van der Waals surface area contributed by atoms with E-state index in [9.17, 15) is 4.79 Å². The lowest BCUT2D eigenvalue weighted by atomic mass is 10.2. The highest BCUT2D eigenvalue weighted by molar-refractivity contribution is 5.75. The van der Waals surface area contributed by atoms with Gasteiger partial charge in [-0.15, -0.1) is 0 Å². The summed E-state index contributed by atoms with van der Waals surface area (Å²) in [4.78, 5) is 10.6. The zero-order valence-electron chi connectivity index (χ0n) is 6.23. The van der Waals surface area contributed by atoms with Crippen molar-refractivity contribution in [1.29, 1.82) is 0 Å². The molecule has 0 fully saturated rings. The summed E-state index contributed by atoms with van der Waals surface area (Å²) in [6.45, 7) is 1.05. The minimum absolute atomic E-state index is 0.133. The van der Waals surface area contributed by atoms with Gasteiger partial charge in [-0.3, -0.25) is 0 Å². The number of hydrogen-bond donors (Lipinski definition) is 3. The van der Waals surface area contributed by atoms with Crippen LogP contribution in [0, 0.1) is 0 Å². The maximum atomic E-state index is 10.6. The van der Waals surface area contributed by atoms with E-state index in [-0.39, 0.29) is 6.61 Å². The third-order valence-corrected chi connectivity index (χ3v) is 1.08. The predicted octanol–water partition coefficient (Wildman–Crippen LogP) is -1.74. The van der Waals surface area contributed by atoms with Crippen LogP contribution in [-0.2, 0) is 9.53 Å². The molecule has 0 heterocycles. The van der Waals surface area contributed by atoms with E-state index in [0.717, 1.165) is 0 Å². The molecule has 0 bridgehead atoms. The molecular formula is C6H12O5. The first-order chi connectivity index (χ1) is 5.13. The van der Waals surface area contributed by atoms with Gasteiger partial charge in [0.2, 0.25) is 0 Å². The largest absolute Gasteiger partial charge is 0.464 e. The number of esters is 1. The molecule has 0 aromatic rings. The Hall–Kier alpha value is -0.650. The zero-order chi connectivity index (χ0) is 8.85. The van der Waals surface area contributed by atoms with Crippen molar-refractivity contribution in [3.63, 3.8) is 0 Å². The summed E-state index contributed by atoms with van der Waals surface area (Å²) in [5.41, 5.74) is 0. The number of rotatable bonds is 4. The second kappa shape index (κ2) is 5.06. The van der Waals surface area contributed by atoms with E-state index in [1.54, 1.807) is 6.92 Å². The molecule has 2 atom stereocenters. The Morgan fingerprint density at radius 2 is 2.09 bits per heavy atom. The molecule has 5 heteroatoms. The van der Waals surface area contributed by atoms with Crippen LogP contribution < -0.4 is 0 Å². The van der Waals surface area contributed by atoms with Crippen molar-refractivity contribution in [2.75, 3.05) is 13.2 Å². The molecular weight excluding hydrogens is 152 g/mol. The van der Waals surface area contributed by atoms with Crippen LogP contribution in [0.3, 0.4) is 0 Å². The highest BCUT2D eigenvalue weighted by Gasteiger charge is 2.24. The topological polar surface area (TPSA) is 87.0 Å². The summed E-state index contributed by atoms with van der Waals surface area (Å²) in [6, 6.07) is 0. The van der Waals surface area contributed by atoms with Gasteiger partial charge >= 0.3 is 5.97 Å². The third-order valence-electron chi connectivity index (χ3n) is 1.08. The maximum absolute atomic E-state index is 10.6. The zero-order valence-corrected chi connectivity index (χ0v) is 6.23. The Labute approximate surface area is 64.2 Å². The van der Waals surface area contributed by atoms with Crippen molar-refractivity contribution in [3.05, 3.63) is 0 Å². The Morgan fingerprint density at radius 3 is 2.45 bits per heavy atom. The SMILES string of the molecule is CCOC(=O)[C@H](O)[C@@H](O)CO. The quantitative estimate of drug-likeness (QED) is 0.429. The minimum atomic E-state index is -1.65. The van der Waals surface area contributed by atoms with Gasteiger partial charge in [0.15, 0.2) is 6.10 Å². The monoisotopic (exact) mass is 164 g/mol. The van der Waals surface area contributed by atoms with E-state index in [1.165, 1.54) is 0 Å². The standard InChI is InChI=1S/C6H12O5/c1-2-11-6(10)5(9)4(8)3-7/h4-5,7-9H,2-3H2,1H3/t4-,5+/m0/s1. The first-order valence-electron chi connectivity index (χ1n) is 3.27. The molecule has 11 heavy (non-hydrogen) atoms. The van der Waals surface area contributed by atoms with Crippen LogP contribution in [0.25, 0.3) is 0 Å². The van der Waals surface area contributed by atoms with Gasteiger partial charge < -0.3 is 20.1 Å². The first kappa shape index (κ1) is 10.3. The molecule has 0 rings (SSSR count). The molecule has 0 aliphatic rings. The number of aliphatic hydroxyl groups is 3. The van der Waals surface area contributed by atoms with E-state index >= 15 is 0 Å². The van der Waals surface area contributed by atoms with Crippen molar-refractivity contribution in [1.82, 2.24) is 0 Å². The Bertz CT molecular complexity index is 124.